The normalized spacial score (nSPS) is 14.8. The summed E-state index contributed by atoms with van der Waals surface area (Å²) in [6.07, 6.45) is 7.27. The molecule has 10 heteroatoms. The number of nitrogens with zero attached hydrogens (tertiary/aromatic N) is 2. The number of carbonyl (C=O) groups is 2. The van der Waals surface area contributed by atoms with Crippen molar-refractivity contribution in [1.29, 1.82) is 0 Å². The molecule has 2 amide bonds. The van der Waals surface area contributed by atoms with E-state index in [1.54, 1.807) is 41.3 Å². The lowest BCUT2D eigenvalue weighted by atomic mass is 9.95. The van der Waals surface area contributed by atoms with Crippen LogP contribution in [-0.2, 0) is 26.2 Å². The molecule has 2 aromatic carbocycles. The molecule has 1 atom stereocenters. The molecule has 0 unspecified atom stereocenters. The van der Waals surface area contributed by atoms with Gasteiger partial charge in [-0.2, -0.15) is 0 Å². The smallest absolute Gasteiger partial charge is 0.243 e. The Kier molecular flexibility index (Phi) is 12.1. The quantitative estimate of drug-likeness (QED) is 0.311. The van der Waals surface area contributed by atoms with Crippen LogP contribution < -0.4 is 14.4 Å². The minimum Gasteiger partial charge on any atom is -0.492 e. The zero-order chi connectivity index (χ0) is 29.1. The van der Waals surface area contributed by atoms with Crippen molar-refractivity contribution in [2.75, 3.05) is 23.7 Å². The lowest BCUT2D eigenvalue weighted by Gasteiger charge is -2.33. The van der Waals surface area contributed by atoms with Gasteiger partial charge >= 0.3 is 0 Å². The molecule has 0 bridgehead atoms. The predicted octanol–water partition coefficient (Wildman–Crippen LogP) is 5.54. The van der Waals surface area contributed by atoms with E-state index in [4.69, 9.17) is 16.3 Å². The standard InChI is InChI=1S/C30H42ClN3O5S/c1-4-26(30(36)32-25-12-7-6-8-13-25)33(22-23-17-19-24(31)20-18-23)29(35)16-11-21-34(40(3,37)38)27-14-9-10-15-28(27)39-5-2/h9-10,14-15,17-20,25-26H,4-8,11-13,16,21-22H2,1-3H3,(H,32,36)/t26-/m0/s1. The second-order valence-electron chi connectivity index (χ2n) is 10.3. The van der Waals surface area contributed by atoms with Crippen molar-refractivity contribution in [3.05, 3.63) is 59.1 Å². The summed E-state index contributed by atoms with van der Waals surface area (Å²) in [5.41, 5.74) is 1.31. The van der Waals surface area contributed by atoms with Gasteiger partial charge in [-0.1, -0.05) is 62.1 Å². The zero-order valence-corrected chi connectivity index (χ0v) is 25.3. The van der Waals surface area contributed by atoms with E-state index < -0.39 is 16.1 Å². The second kappa shape index (κ2) is 15.3. The first kappa shape index (κ1) is 31.7. The van der Waals surface area contributed by atoms with Gasteiger partial charge in [-0.15, -0.1) is 0 Å². The number of carbonyl (C=O) groups excluding carboxylic acids is 2. The van der Waals surface area contributed by atoms with Crippen molar-refractivity contribution in [2.24, 2.45) is 0 Å². The van der Waals surface area contributed by atoms with Gasteiger partial charge in [-0.05, 0) is 62.4 Å². The fraction of sp³-hybridized carbons (Fsp3) is 0.533. The molecule has 0 radical (unpaired) electrons. The highest BCUT2D eigenvalue weighted by molar-refractivity contribution is 7.92. The van der Waals surface area contributed by atoms with Gasteiger partial charge in [0.05, 0.1) is 18.6 Å². The van der Waals surface area contributed by atoms with E-state index in [9.17, 15) is 18.0 Å². The Hall–Kier alpha value is -2.78. The molecule has 1 fully saturated rings. The van der Waals surface area contributed by atoms with Gasteiger partial charge < -0.3 is 15.0 Å². The summed E-state index contributed by atoms with van der Waals surface area (Å²) >= 11 is 6.07. The number of anilines is 1. The first-order valence-corrected chi connectivity index (χ1v) is 16.4. The van der Waals surface area contributed by atoms with Gasteiger partial charge in [-0.3, -0.25) is 13.9 Å². The highest BCUT2D eigenvalue weighted by Crippen LogP contribution is 2.30. The molecular weight excluding hydrogens is 550 g/mol. The molecule has 1 saturated carbocycles. The Labute approximate surface area is 244 Å². The van der Waals surface area contributed by atoms with Crippen LogP contribution in [0.5, 0.6) is 5.75 Å². The Bertz CT molecular complexity index is 1220. The number of sulfonamides is 1. The summed E-state index contributed by atoms with van der Waals surface area (Å²) in [5.74, 6) is 0.129. The third kappa shape index (κ3) is 9.13. The number of para-hydroxylation sites is 2. The van der Waals surface area contributed by atoms with E-state index in [0.29, 0.717) is 29.5 Å². The average molecular weight is 592 g/mol. The molecule has 0 saturated heterocycles. The summed E-state index contributed by atoms with van der Waals surface area (Å²) in [6, 6.07) is 13.7. The highest BCUT2D eigenvalue weighted by atomic mass is 35.5. The van der Waals surface area contributed by atoms with Crippen molar-refractivity contribution in [3.63, 3.8) is 0 Å². The van der Waals surface area contributed by atoms with Gasteiger partial charge in [0.1, 0.15) is 11.8 Å². The predicted molar refractivity (Wildman–Crippen MR) is 160 cm³/mol. The van der Waals surface area contributed by atoms with Crippen molar-refractivity contribution in [3.8, 4) is 5.75 Å². The summed E-state index contributed by atoms with van der Waals surface area (Å²) in [7, 11) is -3.63. The molecule has 1 aliphatic carbocycles. The monoisotopic (exact) mass is 591 g/mol. The van der Waals surface area contributed by atoms with Gasteiger partial charge in [0.25, 0.3) is 0 Å². The molecule has 0 aliphatic heterocycles. The van der Waals surface area contributed by atoms with Crippen LogP contribution in [0.3, 0.4) is 0 Å². The molecule has 40 heavy (non-hydrogen) atoms. The van der Waals surface area contributed by atoms with Crippen LogP contribution in [0.2, 0.25) is 5.02 Å². The van der Waals surface area contributed by atoms with E-state index in [-0.39, 0.29) is 43.8 Å². The number of halogens is 1. The number of benzene rings is 2. The topological polar surface area (TPSA) is 96.0 Å². The lowest BCUT2D eigenvalue weighted by Crippen LogP contribution is -2.51. The fourth-order valence-electron chi connectivity index (χ4n) is 5.17. The number of ether oxygens (including phenoxy) is 1. The van der Waals surface area contributed by atoms with Crippen LogP contribution in [0.1, 0.15) is 70.8 Å². The fourth-order valence-corrected chi connectivity index (χ4v) is 6.27. The Morgan fingerprint density at radius 3 is 2.35 bits per heavy atom. The van der Waals surface area contributed by atoms with Gasteiger partial charge in [0, 0.05) is 30.6 Å². The summed E-state index contributed by atoms with van der Waals surface area (Å²) in [6.45, 7) is 4.51. The molecule has 3 rings (SSSR count). The molecule has 0 aromatic heterocycles. The van der Waals surface area contributed by atoms with Crippen molar-refractivity contribution in [1.82, 2.24) is 10.2 Å². The second-order valence-corrected chi connectivity index (χ2v) is 12.6. The van der Waals surface area contributed by atoms with Crippen LogP contribution in [0, 0.1) is 0 Å². The van der Waals surface area contributed by atoms with E-state index in [2.05, 4.69) is 5.32 Å². The number of hydrogen-bond donors (Lipinski definition) is 1. The lowest BCUT2D eigenvalue weighted by molar-refractivity contribution is -0.141. The van der Waals surface area contributed by atoms with Gasteiger partial charge in [0.2, 0.25) is 21.8 Å². The van der Waals surface area contributed by atoms with Crippen LogP contribution in [0.25, 0.3) is 0 Å². The minimum absolute atomic E-state index is 0.0869. The third-order valence-corrected chi connectivity index (χ3v) is 8.62. The van der Waals surface area contributed by atoms with Gasteiger partial charge in [0.15, 0.2) is 0 Å². The van der Waals surface area contributed by atoms with Crippen molar-refractivity contribution in [2.45, 2.75) is 83.8 Å². The van der Waals surface area contributed by atoms with Crippen LogP contribution >= 0.6 is 11.6 Å². The third-order valence-electron chi connectivity index (χ3n) is 7.19. The summed E-state index contributed by atoms with van der Waals surface area (Å²) in [4.78, 5) is 28.7. The van der Waals surface area contributed by atoms with Crippen LogP contribution in [-0.4, -0.2) is 56.6 Å². The molecule has 1 aliphatic rings. The largest absolute Gasteiger partial charge is 0.492 e. The summed E-state index contributed by atoms with van der Waals surface area (Å²) in [5, 5.41) is 3.77. The first-order chi connectivity index (χ1) is 19.1. The van der Waals surface area contributed by atoms with Crippen molar-refractivity contribution < 1.29 is 22.7 Å². The Morgan fingerprint density at radius 2 is 1.73 bits per heavy atom. The molecule has 0 heterocycles. The zero-order valence-electron chi connectivity index (χ0n) is 23.8. The molecular formula is C30H42ClN3O5S. The first-order valence-electron chi connectivity index (χ1n) is 14.2. The Balaban J connectivity index is 1.77. The van der Waals surface area contributed by atoms with Crippen molar-refractivity contribution >= 4 is 39.1 Å². The maximum absolute atomic E-state index is 13.7. The molecule has 220 valence electrons. The van der Waals surface area contributed by atoms with E-state index in [1.807, 2.05) is 26.0 Å². The maximum atomic E-state index is 13.7. The molecule has 8 nitrogen and oxygen atoms in total. The van der Waals surface area contributed by atoms with Crippen LogP contribution in [0.4, 0.5) is 5.69 Å². The van der Waals surface area contributed by atoms with E-state index >= 15 is 0 Å². The molecule has 1 N–H and O–H groups in total. The molecule has 0 spiro atoms. The summed E-state index contributed by atoms with van der Waals surface area (Å²) < 4.78 is 32.4. The van der Waals surface area contributed by atoms with Crippen LogP contribution in [0.15, 0.2) is 48.5 Å². The average Bonchev–Trinajstić information content (AvgIpc) is 2.92. The number of amides is 2. The SMILES string of the molecule is CCOc1ccccc1N(CCCC(=O)N(Cc1ccc(Cl)cc1)[C@@H](CC)C(=O)NC1CCCCC1)S(C)(=O)=O. The van der Waals surface area contributed by atoms with E-state index in [1.165, 1.54) is 10.7 Å². The molecule has 2 aromatic rings. The number of nitrogens with one attached hydrogen (secondary N) is 1. The minimum atomic E-state index is -3.63. The maximum Gasteiger partial charge on any atom is 0.243 e. The highest BCUT2D eigenvalue weighted by Gasteiger charge is 2.30. The van der Waals surface area contributed by atoms with Gasteiger partial charge in [-0.25, -0.2) is 8.42 Å². The number of hydrogen-bond acceptors (Lipinski definition) is 5. The number of rotatable bonds is 14. The van der Waals surface area contributed by atoms with E-state index in [0.717, 1.165) is 37.5 Å². The Morgan fingerprint density at radius 1 is 1.05 bits per heavy atom.